The van der Waals surface area contributed by atoms with Crippen LogP contribution >= 0.6 is 0 Å². The third kappa shape index (κ3) is 8.93. The molecule has 0 radical (unpaired) electrons. The van der Waals surface area contributed by atoms with Crippen LogP contribution in [0.3, 0.4) is 0 Å². The molecular formula is C38H46FN5O3. The minimum atomic E-state index is -0.814. The number of hydrogen-bond donors (Lipinski definition) is 4. The highest BCUT2D eigenvalue weighted by Crippen LogP contribution is 2.46. The summed E-state index contributed by atoms with van der Waals surface area (Å²) in [5.74, 6) is 0.691. The molecule has 1 aliphatic rings. The lowest BCUT2D eigenvalue weighted by molar-refractivity contribution is -0.120. The summed E-state index contributed by atoms with van der Waals surface area (Å²) >= 11 is 0. The number of carbonyl (C=O) groups excluding carboxylic acids is 1. The molecule has 2 atom stereocenters. The van der Waals surface area contributed by atoms with E-state index in [0.29, 0.717) is 36.8 Å². The maximum atomic E-state index is 13.4. The Balaban J connectivity index is 1.30. The van der Waals surface area contributed by atoms with Crippen molar-refractivity contribution >= 4 is 17.4 Å². The summed E-state index contributed by atoms with van der Waals surface area (Å²) < 4.78 is 19.6. The molecule has 47 heavy (non-hydrogen) atoms. The third-order valence-electron chi connectivity index (χ3n) is 8.57. The first kappa shape index (κ1) is 34.0. The van der Waals surface area contributed by atoms with Crippen LogP contribution in [0, 0.1) is 5.82 Å². The molecule has 1 aliphatic carbocycles. The molecule has 1 saturated carbocycles. The molecule has 9 heteroatoms. The van der Waals surface area contributed by atoms with E-state index in [9.17, 15) is 14.3 Å². The largest absolute Gasteiger partial charge is 0.491 e. The highest BCUT2D eigenvalue weighted by atomic mass is 19.1. The van der Waals surface area contributed by atoms with Gasteiger partial charge < -0.3 is 25.8 Å². The zero-order valence-electron chi connectivity index (χ0n) is 27.9. The lowest BCUT2D eigenvalue weighted by Crippen LogP contribution is -2.49. The normalized spacial score (nSPS) is 15.0. The Hall–Kier alpha value is -4.34. The van der Waals surface area contributed by atoms with Crippen LogP contribution < -0.4 is 20.7 Å². The van der Waals surface area contributed by atoms with Gasteiger partial charge in [0, 0.05) is 30.6 Å². The van der Waals surface area contributed by atoms with Gasteiger partial charge in [-0.15, -0.1) is 0 Å². The van der Waals surface area contributed by atoms with Gasteiger partial charge in [-0.1, -0.05) is 58.0 Å². The maximum Gasteiger partial charge on any atom is 0.217 e. The lowest BCUT2D eigenvalue weighted by atomic mass is 9.85. The smallest absolute Gasteiger partial charge is 0.217 e. The van der Waals surface area contributed by atoms with Gasteiger partial charge in [0.25, 0.3) is 0 Å². The molecule has 1 amide bonds. The van der Waals surface area contributed by atoms with Crippen molar-refractivity contribution in [2.75, 3.05) is 18.5 Å². The maximum absolute atomic E-state index is 13.4. The molecular weight excluding hydrogens is 593 g/mol. The predicted octanol–water partition coefficient (Wildman–Crippen LogP) is 6.80. The minimum Gasteiger partial charge on any atom is -0.491 e. The summed E-state index contributed by atoms with van der Waals surface area (Å²) in [7, 11) is 0. The number of ether oxygens (including phenoxy) is 1. The van der Waals surface area contributed by atoms with Crippen LogP contribution in [0.2, 0.25) is 0 Å². The fourth-order valence-corrected chi connectivity index (χ4v) is 5.69. The highest BCUT2D eigenvalue weighted by molar-refractivity contribution is 5.73. The number of amides is 1. The molecule has 8 nitrogen and oxygen atoms in total. The first-order valence-electron chi connectivity index (χ1n) is 16.4. The third-order valence-corrected chi connectivity index (χ3v) is 8.57. The fraction of sp³-hybridized carbons (Fsp3) is 0.395. The van der Waals surface area contributed by atoms with Crippen LogP contribution in [0.1, 0.15) is 70.6 Å². The topological polar surface area (TPSA) is 108 Å². The number of aromatic nitrogens is 2. The van der Waals surface area contributed by atoms with Gasteiger partial charge in [-0.05, 0) is 84.2 Å². The van der Waals surface area contributed by atoms with E-state index >= 15 is 0 Å². The second kappa shape index (κ2) is 14.6. The number of nitrogens with one attached hydrogen (secondary N) is 3. The van der Waals surface area contributed by atoms with E-state index in [0.717, 1.165) is 36.1 Å². The number of aliphatic hydroxyl groups excluding tert-OH is 1. The summed E-state index contributed by atoms with van der Waals surface area (Å²) in [6, 6.07) is 22.0. The quantitative estimate of drug-likeness (QED) is 0.120. The zero-order valence-corrected chi connectivity index (χ0v) is 27.9. The van der Waals surface area contributed by atoms with Crippen molar-refractivity contribution in [3.05, 3.63) is 102 Å². The summed E-state index contributed by atoms with van der Waals surface area (Å²) in [5.41, 5.74) is 5.48. The fourth-order valence-electron chi connectivity index (χ4n) is 5.69. The van der Waals surface area contributed by atoms with Crippen molar-refractivity contribution < 1.29 is 19.0 Å². The number of aliphatic hydroxyl groups is 1. The van der Waals surface area contributed by atoms with Crippen LogP contribution in [0.25, 0.3) is 11.3 Å². The number of hydrogen-bond acceptors (Lipinski definition) is 7. The van der Waals surface area contributed by atoms with Gasteiger partial charge in [0.05, 0.1) is 30.1 Å². The highest BCUT2D eigenvalue weighted by Gasteiger charge is 2.44. The summed E-state index contributed by atoms with van der Waals surface area (Å²) in [6.07, 6.45) is 3.89. The van der Waals surface area contributed by atoms with E-state index in [1.807, 2.05) is 25.1 Å². The number of carbonyl (C=O) groups is 1. The summed E-state index contributed by atoms with van der Waals surface area (Å²) in [6.45, 7) is 11.0. The Morgan fingerprint density at radius 2 is 1.81 bits per heavy atom. The van der Waals surface area contributed by atoms with E-state index in [4.69, 9.17) is 4.74 Å². The minimum absolute atomic E-state index is 0.0502. The van der Waals surface area contributed by atoms with E-state index in [2.05, 4.69) is 71.0 Å². The van der Waals surface area contributed by atoms with Crippen LogP contribution in [-0.2, 0) is 22.2 Å². The lowest BCUT2D eigenvalue weighted by Gasteiger charge is -2.28. The molecule has 248 valence electrons. The predicted molar refractivity (Wildman–Crippen MR) is 184 cm³/mol. The van der Waals surface area contributed by atoms with E-state index in [1.165, 1.54) is 36.5 Å². The molecule has 0 spiro atoms. The Labute approximate surface area is 277 Å². The van der Waals surface area contributed by atoms with Gasteiger partial charge in [0.2, 0.25) is 5.91 Å². The molecule has 0 bridgehead atoms. The monoisotopic (exact) mass is 639 g/mol. The number of nitrogens with zero attached hydrogens (tertiary/aromatic N) is 2. The van der Waals surface area contributed by atoms with Crippen molar-refractivity contribution in [1.82, 2.24) is 20.6 Å². The van der Waals surface area contributed by atoms with Crippen molar-refractivity contribution in [2.45, 2.75) is 83.4 Å². The molecule has 3 aromatic carbocycles. The van der Waals surface area contributed by atoms with Crippen molar-refractivity contribution in [2.24, 2.45) is 0 Å². The second-order valence-electron chi connectivity index (χ2n) is 13.5. The zero-order chi connectivity index (χ0) is 33.6. The number of anilines is 2. The molecule has 1 heterocycles. The van der Waals surface area contributed by atoms with Crippen LogP contribution in [-0.4, -0.2) is 46.3 Å². The molecule has 5 rings (SSSR count). The standard InChI is InChI=1S/C38H46FN5O3/c1-6-18-47-35-20-26(10-15-31(35)44-36-22-32(40-24-41-36)27-11-13-30(39)14-12-27)19-33(43-25(2)45)34(46)23-42-38(16-17-38)29-9-7-8-28(21-29)37(3,4)5/h7-15,20-22,24,33-34,42,46H,6,16-19,23H2,1-5H3,(H,43,45)(H,40,41,44)/t33-,34-/m0/s1. The summed E-state index contributed by atoms with van der Waals surface area (Å²) in [5, 5.41) is 21.3. The SMILES string of the molecule is CCCOc1cc(C[C@H](NC(C)=O)[C@@H](O)CNC2(c3cccc(C(C)(C)C)c3)CC2)ccc1Nc1cc(-c2ccc(F)cc2)ncn1. The van der Waals surface area contributed by atoms with Gasteiger partial charge in [-0.2, -0.15) is 0 Å². The van der Waals surface area contributed by atoms with E-state index < -0.39 is 12.1 Å². The Morgan fingerprint density at radius 1 is 1.04 bits per heavy atom. The molecule has 4 aromatic rings. The Bertz CT molecular complexity index is 1670. The number of rotatable bonds is 14. The van der Waals surface area contributed by atoms with Crippen molar-refractivity contribution in [3.8, 4) is 17.0 Å². The average Bonchev–Trinajstić information content (AvgIpc) is 3.84. The molecule has 0 aliphatic heterocycles. The molecule has 1 fully saturated rings. The van der Waals surface area contributed by atoms with Gasteiger partial charge in [-0.3, -0.25) is 4.79 Å². The van der Waals surface area contributed by atoms with Crippen LogP contribution in [0.15, 0.2) is 79.1 Å². The molecule has 4 N–H and O–H groups in total. The number of halogens is 1. The average molecular weight is 640 g/mol. The first-order chi connectivity index (χ1) is 22.5. The molecule has 0 unspecified atom stereocenters. The Kier molecular flexibility index (Phi) is 10.6. The van der Waals surface area contributed by atoms with Gasteiger partial charge in [-0.25, -0.2) is 14.4 Å². The summed E-state index contributed by atoms with van der Waals surface area (Å²) in [4.78, 5) is 20.9. The van der Waals surface area contributed by atoms with Crippen molar-refractivity contribution in [1.29, 1.82) is 0 Å². The van der Waals surface area contributed by atoms with Gasteiger partial charge >= 0.3 is 0 Å². The van der Waals surface area contributed by atoms with Gasteiger partial charge in [0.15, 0.2) is 0 Å². The van der Waals surface area contributed by atoms with Gasteiger partial charge in [0.1, 0.15) is 23.7 Å². The number of benzene rings is 3. The first-order valence-corrected chi connectivity index (χ1v) is 16.4. The van der Waals surface area contributed by atoms with Crippen molar-refractivity contribution in [3.63, 3.8) is 0 Å². The van der Waals surface area contributed by atoms with Crippen LogP contribution in [0.4, 0.5) is 15.9 Å². The molecule has 1 aromatic heterocycles. The van der Waals surface area contributed by atoms with Crippen LogP contribution in [0.5, 0.6) is 5.75 Å². The van der Waals surface area contributed by atoms with E-state index in [1.54, 1.807) is 18.2 Å². The second-order valence-corrected chi connectivity index (χ2v) is 13.5. The molecule has 0 saturated heterocycles. The Morgan fingerprint density at radius 3 is 2.49 bits per heavy atom. The van der Waals surface area contributed by atoms with E-state index in [-0.39, 0.29) is 22.7 Å².